The number of ether oxygens (including phenoxy) is 1. The van der Waals surface area contributed by atoms with E-state index in [4.69, 9.17) is 4.74 Å². The highest BCUT2D eigenvalue weighted by atomic mass is 19.1. The van der Waals surface area contributed by atoms with Gasteiger partial charge < -0.3 is 14.4 Å². The fourth-order valence-corrected chi connectivity index (χ4v) is 2.16. The average Bonchev–Trinajstić information content (AvgIpc) is 2.90. The first-order chi connectivity index (χ1) is 10.2. The van der Waals surface area contributed by atoms with E-state index < -0.39 is 6.10 Å². The van der Waals surface area contributed by atoms with Crippen LogP contribution in [-0.4, -0.2) is 27.4 Å². The minimum absolute atomic E-state index is 0.137. The standard InChI is InChI=1S/C16H15FN2O2/c17-12-5-7-14(8-6-12)21-10-13(20)9-19-11-18-15-3-1-2-4-16(15)19/h1-8,11,13,20H,9-10H2. The van der Waals surface area contributed by atoms with Crippen molar-refractivity contribution in [1.82, 2.24) is 9.55 Å². The molecule has 2 aromatic carbocycles. The largest absolute Gasteiger partial charge is 0.491 e. The van der Waals surface area contributed by atoms with Crippen LogP contribution in [0.1, 0.15) is 0 Å². The fourth-order valence-electron chi connectivity index (χ4n) is 2.16. The number of fused-ring (bicyclic) bond motifs is 1. The van der Waals surface area contributed by atoms with Crippen molar-refractivity contribution in [2.45, 2.75) is 12.6 Å². The second-order valence-electron chi connectivity index (χ2n) is 4.80. The Hall–Kier alpha value is -2.40. The molecule has 0 saturated carbocycles. The monoisotopic (exact) mass is 286 g/mol. The van der Waals surface area contributed by atoms with Crippen molar-refractivity contribution in [2.75, 3.05) is 6.61 Å². The van der Waals surface area contributed by atoms with E-state index in [0.717, 1.165) is 11.0 Å². The summed E-state index contributed by atoms with van der Waals surface area (Å²) in [5.41, 5.74) is 1.86. The second-order valence-corrected chi connectivity index (χ2v) is 4.80. The molecule has 0 aliphatic carbocycles. The summed E-state index contributed by atoms with van der Waals surface area (Å²) in [6, 6.07) is 13.5. The molecule has 0 aliphatic rings. The Labute approximate surface area is 121 Å². The topological polar surface area (TPSA) is 47.3 Å². The van der Waals surface area contributed by atoms with Crippen molar-refractivity contribution in [3.05, 3.63) is 60.7 Å². The third kappa shape index (κ3) is 3.20. The van der Waals surface area contributed by atoms with E-state index in [0.29, 0.717) is 12.3 Å². The highest BCUT2D eigenvalue weighted by Gasteiger charge is 2.09. The first kappa shape index (κ1) is 13.6. The van der Waals surface area contributed by atoms with Gasteiger partial charge in [0.2, 0.25) is 0 Å². The number of aromatic nitrogens is 2. The van der Waals surface area contributed by atoms with Gasteiger partial charge in [0.05, 0.1) is 23.9 Å². The molecule has 108 valence electrons. The van der Waals surface area contributed by atoms with Gasteiger partial charge in [-0.05, 0) is 36.4 Å². The Balaban J connectivity index is 1.61. The maximum absolute atomic E-state index is 12.8. The molecule has 1 heterocycles. The van der Waals surface area contributed by atoms with Gasteiger partial charge in [-0.1, -0.05) is 12.1 Å². The molecule has 1 aromatic heterocycles. The van der Waals surface area contributed by atoms with Gasteiger partial charge in [0.1, 0.15) is 24.3 Å². The summed E-state index contributed by atoms with van der Waals surface area (Å²) >= 11 is 0. The molecule has 1 N–H and O–H groups in total. The summed E-state index contributed by atoms with van der Waals surface area (Å²) in [5.74, 6) is 0.221. The van der Waals surface area contributed by atoms with Crippen LogP contribution < -0.4 is 4.74 Å². The Morgan fingerprint density at radius 1 is 1.14 bits per heavy atom. The molecule has 3 rings (SSSR count). The minimum Gasteiger partial charge on any atom is -0.491 e. The molecule has 5 heteroatoms. The second kappa shape index (κ2) is 5.93. The summed E-state index contributed by atoms with van der Waals surface area (Å²) < 4.78 is 20.1. The Kier molecular flexibility index (Phi) is 3.83. The molecule has 0 spiro atoms. The zero-order chi connectivity index (χ0) is 14.7. The van der Waals surface area contributed by atoms with Gasteiger partial charge in [-0.25, -0.2) is 9.37 Å². The lowest BCUT2D eigenvalue weighted by Gasteiger charge is -2.13. The number of aliphatic hydroxyl groups is 1. The molecule has 1 unspecified atom stereocenters. The predicted molar refractivity (Wildman–Crippen MR) is 77.6 cm³/mol. The number of hydrogen-bond donors (Lipinski definition) is 1. The van der Waals surface area contributed by atoms with Crippen LogP contribution in [0.4, 0.5) is 4.39 Å². The molecule has 1 atom stereocenters. The van der Waals surface area contributed by atoms with Crippen LogP contribution in [-0.2, 0) is 6.54 Å². The number of nitrogens with zero attached hydrogens (tertiary/aromatic N) is 2. The zero-order valence-electron chi connectivity index (χ0n) is 11.3. The van der Waals surface area contributed by atoms with Crippen molar-refractivity contribution in [2.24, 2.45) is 0 Å². The molecule has 0 radical (unpaired) electrons. The third-order valence-electron chi connectivity index (χ3n) is 3.19. The molecular weight excluding hydrogens is 271 g/mol. The predicted octanol–water partition coefficient (Wildman–Crippen LogP) is 2.62. The third-order valence-corrected chi connectivity index (χ3v) is 3.19. The molecular formula is C16H15FN2O2. The van der Waals surface area contributed by atoms with Gasteiger partial charge in [0, 0.05) is 0 Å². The first-order valence-corrected chi connectivity index (χ1v) is 6.69. The summed E-state index contributed by atoms with van der Waals surface area (Å²) in [5, 5.41) is 10.0. The Morgan fingerprint density at radius 2 is 1.90 bits per heavy atom. The Bertz CT molecular complexity index is 724. The summed E-state index contributed by atoms with van der Waals surface area (Å²) in [6.07, 6.45) is 1.03. The fraction of sp³-hybridized carbons (Fsp3) is 0.188. The summed E-state index contributed by atoms with van der Waals surface area (Å²) in [7, 11) is 0. The van der Waals surface area contributed by atoms with Crippen LogP contribution in [0.2, 0.25) is 0 Å². The number of hydrogen-bond acceptors (Lipinski definition) is 3. The van der Waals surface area contributed by atoms with Gasteiger partial charge >= 0.3 is 0 Å². The highest BCUT2D eigenvalue weighted by Crippen LogP contribution is 2.14. The molecule has 0 aliphatic heterocycles. The zero-order valence-corrected chi connectivity index (χ0v) is 11.3. The van der Waals surface area contributed by atoms with Gasteiger partial charge in [0.25, 0.3) is 0 Å². The maximum Gasteiger partial charge on any atom is 0.123 e. The maximum atomic E-state index is 12.8. The van der Waals surface area contributed by atoms with Crippen LogP contribution in [0.3, 0.4) is 0 Å². The molecule has 21 heavy (non-hydrogen) atoms. The number of para-hydroxylation sites is 2. The summed E-state index contributed by atoms with van der Waals surface area (Å²) in [6.45, 7) is 0.528. The lowest BCUT2D eigenvalue weighted by molar-refractivity contribution is 0.0934. The average molecular weight is 286 g/mol. The van der Waals surface area contributed by atoms with E-state index in [1.807, 2.05) is 28.8 Å². The Morgan fingerprint density at radius 3 is 2.71 bits per heavy atom. The SMILES string of the molecule is OC(COc1ccc(F)cc1)Cn1cnc2ccccc21. The number of benzene rings is 2. The molecule has 3 aromatic rings. The normalized spacial score (nSPS) is 12.5. The van der Waals surface area contributed by atoms with Crippen LogP contribution >= 0.6 is 0 Å². The quantitative estimate of drug-likeness (QED) is 0.784. The molecule has 0 bridgehead atoms. The van der Waals surface area contributed by atoms with Crippen molar-refractivity contribution < 1.29 is 14.2 Å². The lowest BCUT2D eigenvalue weighted by Crippen LogP contribution is -2.23. The van der Waals surface area contributed by atoms with Crippen molar-refractivity contribution in [3.8, 4) is 5.75 Å². The van der Waals surface area contributed by atoms with Gasteiger partial charge in [-0.3, -0.25) is 0 Å². The van der Waals surface area contributed by atoms with Gasteiger partial charge in [-0.15, -0.1) is 0 Å². The number of aliphatic hydroxyl groups excluding tert-OH is 1. The van der Waals surface area contributed by atoms with E-state index in [1.54, 1.807) is 6.33 Å². The minimum atomic E-state index is -0.673. The lowest BCUT2D eigenvalue weighted by atomic mass is 10.3. The summed E-state index contributed by atoms with van der Waals surface area (Å²) in [4.78, 5) is 4.27. The van der Waals surface area contributed by atoms with Gasteiger partial charge in [0.15, 0.2) is 0 Å². The van der Waals surface area contributed by atoms with E-state index in [1.165, 1.54) is 24.3 Å². The van der Waals surface area contributed by atoms with E-state index in [9.17, 15) is 9.50 Å². The van der Waals surface area contributed by atoms with Crippen LogP contribution in [0, 0.1) is 5.82 Å². The smallest absolute Gasteiger partial charge is 0.123 e. The van der Waals surface area contributed by atoms with Gasteiger partial charge in [-0.2, -0.15) is 0 Å². The molecule has 0 saturated heterocycles. The van der Waals surface area contributed by atoms with Crippen molar-refractivity contribution >= 4 is 11.0 Å². The van der Waals surface area contributed by atoms with Crippen molar-refractivity contribution in [1.29, 1.82) is 0 Å². The molecule has 0 fully saturated rings. The van der Waals surface area contributed by atoms with E-state index >= 15 is 0 Å². The van der Waals surface area contributed by atoms with Crippen molar-refractivity contribution in [3.63, 3.8) is 0 Å². The van der Waals surface area contributed by atoms with Crippen LogP contribution in [0.5, 0.6) is 5.75 Å². The highest BCUT2D eigenvalue weighted by molar-refractivity contribution is 5.74. The van der Waals surface area contributed by atoms with Crippen LogP contribution in [0.15, 0.2) is 54.9 Å². The number of rotatable bonds is 5. The van der Waals surface area contributed by atoms with E-state index in [2.05, 4.69) is 4.98 Å². The first-order valence-electron chi connectivity index (χ1n) is 6.69. The number of halogens is 1. The van der Waals surface area contributed by atoms with Crippen LogP contribution in [0.25, 0.3) is 11.0 Å². The number of imidazole rings is 1. The molecule has 0 amide bonds. The molecule has 4 nitrogen and oxygen atoms in total. The van der Waals surface area contributed by atoms with E-state index in [-0.39, 0.29) is 12.4 Å².